The minimum absolute atomic E-state index is 0. The predicted molar refractivity (Wildman–Crippen MR) is 171 cm³/mol. The van der Waals surface area contributed by atoms with E-state index in [4.69, 9.17) is 4.74 Å². The number of hydrogen-bond donors (Lipinski definition) is 2. The van der Waals surface area contributed by atoms with E-state index in [1.165, 1.54) is 6.07 Å². The third-order valence-electron chi connectivity index (χ3n) is 8.51. The third-order valence-corrected chi connectivity index (χ3v) is 8.51. The molecule has 1 aliphatic rings. The molecular formula is C34H40FKN6O5. The first-order chi connectivity index (χ1) is 22.0. The Morgan fingerprint density at radius 3 is 2.49 bits per heavy atom. The average Bonchev–Trinajstić information content (AvgIpc) is 3.63. The minimum Gasteiger partial charge on any atom is -1.00 e. The number of hydrogen-bond acceptors (Lipinski definition) is 8. The van der Waals surface area contributed by atoms with Crippen LogP contribution in [0, 0.1) is 12.7 Å². The minimum atomic E-state index is -0.906. The summed E-state index contributed by atoms with van der Waals surface area (Å²) in [6.45, 7) is 7.54. The molecule has 0 atom stereocenters. The molecule has 11 nitrogen and oxygen atoms in total. The topological polar surface area (TPSA) is 141 Å². The van der Waals surface area contributed by atoms with E-state index < -0.39 is 17.2 Å². The maximum Gasteiger partial charge on any atom is 1.00 e. The Kier molecular flexibility index (Phi) is 11.2. The van der Waals surface area contributed by atoms with Crippen LogP contribution in [-0.2, 0) is 17.6 Å². The average molecular weight is 671 g/mol. The Morgan fingerprint density at radius 1 is 1.13 bits per heavy atom. The van der Waals surface area contributed by atoms with Gasteiger partial charge in [0.25, 0.3) is 5.56 Å². The van der Waals surface area contributed by atoms with Crippen LogP contribution in [0.1, 0.15) is 83.0 Å². The van der Waals surface area contributed by atoms with Gasteiger partial charge in [0.2, 0.25) is 5.78 Å². The van der Waals surface area contributed by atoms with Gasteiger partial charge in [-0.3, -0.25) is 18.9 Å². The second-order valence-corrected chi connectivity index (χ2v) is 12.7. The normalized spacial score (nSPS) is 16.8. The molecule has 0 amide bonds. The van der Waals surface area contributed by atoms with Crippen molar-refractivity contribution in [1.82, 2.24) is 29.3 Å². The zero-order valence-electron chi connectivity index (χ0n) is 28.5. The quantitative estimate of drug-likeness (QED) is 0.216. The number of aromatic amines is 1. The molecule has 47 heavy (non-hydrogen) atoms. The molecule has 1 aliphatic carbocycles. The van der Waals surface area contributed by atoms with Crippen LogP contribution in [0.3, 0.4) is 0 Å². The molecule has 5 aromatic rings. The largest absolute Gasteiger partial charge is 1.00 e. The second kappa shape index (κ2) is 14.8. The smallest absolute Gasteiger partial charge is 1.00 e. The van der Waals surface area contributed by atoms with Crippen molar-refractivity contribution in [1.29, 1.82) is 0 Å². The summed E-state index contributed by atoms with van der Waals surface area (Å²) in [5.74, 6) is 0.200. The Morgan fingerprint density at radius 2 is 1.85 bits per heavy atom. The Hall–Kier alpha value is -2.78. The first-order valence-corrected chi connectivity index (χ1v) is 15.8. The SMILES string of the molecule is CCCc1c(Cc2ccc(-c3ccccc3-c3noc(=O)[nH]3)cc2F)c(=O)n(C2CCC(OCC(C)(C)O)CC2)c2nc(C)nn12.[H-].[K+]. The van der Waals surface area contributed by atoms with Gasteiger partial charge in [-0.25, -0.2) is 13.7 Å². The summed E-state index contributed by atoms with van der Waals surface area (Å²) in [6.07, 6.45) is 4.39. The first-order valence-electron chi connectivity index (χ1n) is 15.8. The van der Waals surface area contributed by atoms with E-state index in [0.717, 1.165) is 25.0 Å². The Bertz CT molecular complexity index is 1990. The summed E-state index contributed by atoms with van der Waals surface area (Å²) in [6, 6.07) is 12.1. The molecule has 0 bridgehead atoms. The molecule has 1 saturated carbocycles. The molecule has 0 unspecified atom stereocenters. The van der Waals surface area contributed by atoms with Crippen LogP contribution < -0.4 is 62.7 Å². The van der Waals surface area contributed by atoms with Gasteiger partial charge in [-0.05, 0) is 75.6 Å². The van der Waals surface area contributed by atoms with Gasteiger partial charge in [0.05, 0.1) is 24.0 Å². The van der Waals surface area contributed by atoms with Crippen LogP contribution in [0.15, 0.2) is 56.6 Å². The molecule has 6 rings (SSSR count). The summed E-state index contributed by atoms with van der Waals surface area (Å²) in [5.41, 5.74) is 2.42. The van der Waals surface area contributed by atoms with E-state index in [1.54, 1.807) is 47.2 Å². The van der Waals surface area contributed by atoms with Gasteiger partial charge in [0, 0.05) is 23.6 Å². The molecule has 0 spiro atoms. The van der Waals surface area contributed by atoms with Gasteiger partial charge < -0.3 is 11.3 Å². The summed E-state index contributed by atoms with van der Waals surface area (Å²) in [7, 11) is 0. The molecule has 3 aromatic heterocycles. The van der Waals surface area contributed by atoms with Crippen LogP contribution in [0.5, 0.6) is 0 Å². The number of aliphatic hydroxyl groups is 1. The zero-order chi connectivity index (χ0) is 32.6. The van der Waals surface area contributed by atoms with Crippen molar-refractivity contribution in [2.45, 2.75) is 90.4 Å². The Balaban J connectivity index is 0.00000260. The van der Waals surface area contributed by atoms with Gasteiger partial charge in [0.1, 0.15) is 11.6 Å². The van der Waals surface area contributed by atoms with E-state index >= 15 is 4.39 Å². The number of aryl methyl sites for hydroxylation is 2. The number of aromatic nitrogens is 6. The molecule has 2 aromatic carbocycles. The number of H-pyrrole nitrogens is 1. The van der Waals surface area contributed by atoms with Crippen molar-refractivity contribution in [3.05, 3.63) is 91.8 Å². The van der Waals surface area contributed by atoms with Gasteiger partial charge in [-0.1, -0.05) is 54.9 Å². The van der Waals surface area contributed by atoms with Crippen molar-refractivity contribution in [2.24, 2.45) is 0 Å². The summed E-state index contributed by atoms with van der Waals surface area (Å²) < 4.78 is 30.1. The van der Waals surface area contributed by atoms with Crippen molar-refractivity contribution >= 4 is 5.78 Å². The number of fused-ring (bicyclic) bond motifs is 1. The van der Waals surface area contributed by atoms with Crippen molar-refractivity contribution in [2.75, 3.05) is 6.61 Å². The first kappa shape index (κ1) is 35.5. The fraction of sp³-hybridized carbons (Fsp3) is 0.441. The number of nitrogens with one attached hydrogen (secondary N) is 1. The molecule has 0 aliphatic heterocycles. The van der Waals surface area contributed by atoms with Crippen LogP contribution in [-0.4, -0.2) is 52.7 Å². The van der Waals surface area contributed by atoms with Gasteiger partial charge in [0.15, 0.2) is 5.82 Å². The van der Waals surface area contributed by atoms with Gasteiger partial charge >= 0.3 is 57.1 Å². The summed E-state index contributed by atoms with van der Waals surface area (Å²) >= 11 is 0. The summed E-state index contributed by atoms with van der Waals surface area (Å²) in [5, 5.41) is 18.6. The number of rotatable bonds is 10. The molecule has 0 radical (unpaired) electrons. The monoisotopic (exact) mass is 670 g/mol. The maximum absolute atomic E-state index is 15.9. The maximum atomic E-state index is 15.9. The second-order valence-electron chi connectivity index (χ2n) is 12.7. The molecule has 1 fully saturated rings. The molecule has 0 saturated heterocycles. The van der Waals surface area contributed by atoms with E-state index in [1.807, 2.05) is 26.0 Å². The summed E-state index contributed by atoms with van der Waals surface area (Å²) in [4.78, 5) is 33.2. The number of ether oxygens (including phenoxy) is 1. The van der Waals surface area contributed by atoms with E-state index in [0.29, 0.717) is 58.7 Å². The van der Waals surface area contributed by atoms with Gasteiger partial charge in [-0.2, -0.15) is 10.1 Å². The third kappa shape index (κ3) is 7.77. The fourth-order valence-corrected chi connectivity index (χ4v) is 6.36. The van der Waals surface area contributed by atoms with Gasteiger partial charge in [-0.15, -0.1) is 0 Å². The number of nitrogens with zero attached hydrogens (tertiary/aromatic N) is 5. The van der Waals surface area contributed by atoms with Crippen molar-refractivity contribution < 1.29 is 71.6 Å². The number of benzene rings is 2. The standard InChI is InChI=1S/C34H39FN6O5.K.H/c1-5-8-29-27(17-22-12-11-21(18-28(22)35)25-9-6-7-10-26(25)30-37-33(43)46-39-30)31(42)40(32-36-20(2)38-41(29)32)23-13-15-24(16-14-23)45-19-34(3,4)44;;/h6-7,9-12,18,23-24,44H,5,8,13-17,19H2,1-4H3,(H,37,39,43);;/q;+1;-1. The Labute approximate surface area is 315 Å². The van der Waals surface area contributed by atoms with Crippen LogP contribution in [0.25, 0.3) is 28.3 Å². The molecule has 3 heterocycles. The van der Waals surface area contributed by atoms with Crippen LogP contribution >= 0.6 is 0 Å². The zero-order valence-corrected chi connectivity index (χ0v) is 30.7. The van der Waals surface area contributed by atoms with E-state index in [-0.39, 0.29) is 89.4 Å². The predicted octanol–water partition coefficient (Wildman–Crippen LogP) is 2.28. The van der Waals surface area contributed by atoms with Crippen molar-refractivity contribution in [3.63, 3.8) is 0 Å². The fourth-order valence-electron chi connectivity index (χ4n) is 6.36. The van der Waals surface area contributed by atoms with Crippen LogP contribution in [0.4, 0.5) is 4.39 Å². The molecular weight excluding hydrogens is 631 g/mol. The van der Waals surface area contributed by atoms with E-state index in [2.05, 4.69) is 24.7 Å². The van der Waals surface area contributed by atoms with Crippen molar-refractivity contribution in [3.8, 4) is 22.5 Å². The van der Waals surface area contributed by atoms with E-state index in [9.17, 15) is 14.7 Å². The number of halogens is 1. The molecule has 2 N–H and O–H groups in total. The van der Waals surface area contributed by atoms with Crippen LogP contribution in [0.2, 0.25) is 0 Å². The molecule has 244 valence electrons. The molecule has 13 heteroatoms.